The van der Waals surface area contributed by atoms with Crippen molar-refractivity contribution in [3.63, 3.8) is 0 Å². The van der Waals surface area contributed by atoms with E-state index in [1.807, 2.05) is 12.1 Å². The quantitative estimate of drug-likeness (QED) is 0.523. The summed E-state index contributed by atoms with van der Waals surface area (Å²) >= 11 is 5.62. The number of hydrogen-bond donors (Lipinski definition) is 2. The standard InChI is InChI=1S/C8H10ClNO/c9-4-6-2-1-3-8(10)7(6)5-11/h1-3,11H,4-5,10H2. The van der Waals surface area contributed by atoms with Crippen molar-refractivity contribution in [3.8, 4) is 0 Å². The van der Waals surface area contributed by atoms with E-state index in [2.05, 4.69) is 0 Å². The first kappa shape index (κ1) is 8.37. The number of halogens is 1. The molecule has 3 heteroatoms. The molecule has 0 spiro atoms. The molecule has 0 saturated carbocycles. The number of hydrogen-bond acceptors (Lipinski definition) is 2. The highest BCUT2D eigenvalue weighted by Gasteiger charge is 2.02. The lowest BCUT2D eigenvalue weighted by atomic mass is 10.1. The van der Waals surface area contributed by atoms with Crippen LogP contribution in [0, 0.1) is 0 Å². The van der Waals surface area contributed by atoms with Crippen molar-refractivity contribution < 1.29 is 5.11 Å². The Morgan fingerprint density at radius 3 is 2.64 bits per heavy atom. The number of anilines is 1. The molecule has 2 nitrogen and oxygen atoms in total. The van der Waals surface area contributed by atoms with E-state index < -0.39 is 0 Å². The van der Waals surface area contributed by atoms with E-state index >= 15 is 0 Å². The van der Waals surface area contributed by atoms with Gasteiger partial charge in [0.15, 0.2) is 0 Å². The topological polar surface area (TPSA) is 46.2 Å². The van der Waals surface area contributed by atoms with Gasteiger partial charge in [0.25, 0.3) is 0 Å². The number of nitrogens with two attached hydrogens (primary N) is 1. The van der Waals surface area contributed by atoms with Gasteiger partial charge in [0, 0.05) is 17.1 Å². The lowest BCUT2D eigenvalue weighted by Gasteiger charge is -2.06. The molecule has 0 atom stereocenters. The molecule has 0 fully saturated rings. The maximum atomic E-state index is 8.89. The summed E-state index contributed by atoms with van der Waals surface area (Å²) in [6.07, 6.45) is 0. The van der Waals surface area contributed by atoms with Crippen LogP contribution in [0.1, 0.15) is 11.1 Å². The van der Waals surface area contributed by atoms with Crippen molar-refractivity contribution in [2.45, 2.75) is 12.5 Å². The average Bonchev–Trinajstić information content (AvgIpc) is 2.04. The van der Waals surface area contributed by atoms with E-state index in [4.69, 9.17) is 22.4 Å². The fourth-order valence-electron chi connectivity index (χ4n) is 0.973. The number of benzene rings is 1. The maximum Gasteiger partial charge on any atom is 0.0705 e. The lowest BCUT2D eigenvalue weighted by molar-refractivity contribution is 0.281. The molecule has 1 rings (SSSR count). The monoisotopic (exact) mass is 171 g/mol. The molecule has 0 heterocycles. The minimum absolute atomic E-state index is 0.0469. The van der Waals surface area contributed by atoms with E-state index in [0.717, 1.165) is 11.1 Å². The van der Waals surface area contributed by atoms with Gasteiger partial charge in [-0.2, -0.15) is 0 Å². The molecule has 0 amide bonds. The van der Waals surface area contributed by atoms with E-state index in [0.29, 0.717) is 11.6 Å². The van der Waals surface area contributed by atoms with Gasteiger partial charge in [-0.25, -0.2) is 0 Å². The van der Waals surface area contributed by atoms with Crippen LogP contribution in [0.15, 0.2) is 18.2 Å². The van der Waals surface area contributed by atoms with Gasteiger partial charge in [0.2, 0.25) is 0 Å². The summed E-state index contributed by atoms with van der Waals surface area (Å²) in [4.78, 5) is 0. The Kier molecular flexibility index (Phi) is 2.74. The molecule has 0 aliphatic heterocycles. The van der Waals surface area contributed by atoms with Crippen LogP contribution in [0.5, 0.6) is 0 Å². The number of aliphatic hydroxyl groups excluding tert-OH is 1. The zero-order valence-electron chi connectivity index (χ0n) is 6.05. The highest BCUT2D eigenvalue weighted by atomic mass is 35.5. The Morgan fingerprint density at radius 1 is 1.45 bits per heavy atom. The SMILES string of the molecule is Nc1cccc(CCl)c1CO. The first-order chi connectivity index (χ1) is 5.29. The molecule has 1 aromatic rings. The van der Waals surface area contributed by atoms with E-state index in [1.165, 1.54) is 0 Å². The third kappa shape index (κ3) is 1.64. The highest BCUT2D eigenvalue weighted by molar-refractivity contribution is 6.17. The van der Waals surface area contributed by atoms with Crippen molar-refractivity contribution in [1.82, 2.24) is 0 Å². The smallest absolute Gasteiger partial charge is 0.0705 e. The molecule has 11 heavy (non-hydrogen) atoms. The third-order valence-electron chi connectivity index (χ3n) is 1.61. The number of aliphatic hydroxyl groups is 1. The molecule has 0 aliphatic carbocycles. The van der Waals surface area contributed by atoms with Crippen LogP contribution >= 0.6 is 11.6 Å². The van der Waals surface area contributed by atoms with Crippen molar-refractivity contribution in [1.29, 1.82) is 0 Å². The number of nitrogen functional groups attached to an aromatic ring is 1. The summed E-state index contributed by atoms with van der Waals surface area (Å²) in [6, 6.07) is 5.43. The Morgan fingerprint density at radius 2 is 2.18 bits per heavy atom. The van der Waals surface area contributed by atoms with Gasteiger partial charge in [-0.15, -0.1) is 11.6 Å². The van der Waals surface area contributed by atoms with Gasteiger partial charge in [0.05, 0.1) is 6.61 Å². The van der Waals surface area contributed by atoms with E-state index in [9.17, 15) is 0 Å². The lowest BCUT2D eigenvalue weighted by Crippen LogP contribution is -1.97. The Bertz CT molecular complexity index is 250. The fourth-order valence-corrected chi connectivity index (χ4v) is 1.22. The molecule has 0 aliphatic rings. The molecule has 0 aromatic heterocycles. The van der Waals surface area contributed by atoms with Crippen LogP contribution in [-0.4, -0.2) is 5.11 Å². The first-order valence-electron chi connectivity index (χ1n) is 3.32. The second-order valence-electron chi connectivity index (χ2n) is 2.28. The van der Waals surface area contributed by atoms with Crippen molar-refractivity contribution in [3.05, 3.63) is 29.3 Å². The van der Waals surface area contributed by atoms with Crippen molar-refractivity contribution >= 4 is 17.3 Å². The van der Waals surface area contributed by atoms with Crippen molar-refractivity contribution in [2.75, 3.05) is 5.73 Å². The fraction of sp³-hybridized carbons (Fsp3) is 0.250. The molecule has 1 aromatic carbocycles. The van der Waals surface area contributed by atoms with Gasteiger partial charge >= 0.3 is 0 Å². The van der Waals surface area contributed by atoms with Crippen LogP contribution in [-0.2, 0) is 12.5 Å². The summed E-state index contributed by atoms with van der Waals surface area (Å²) in [5.41, 5.74) is 7.83. The minimum atomic E-state index is -0.0469. The maximum absolute atomic E-state index is 8.89. The summed E-state index contributed by atoms with van der Waals surface area (Å²) in [5.74, 6) is 0.390. The Labute approximate surface area is 70.6 Å². The molecule has 0 radical (unpaired) electrons. The predicted molar refractivity (Wildman–Crippen MR) is 46.3 cm³/mol. The Hall–Kier alpha value is -0.730. The van der Waals surface area contributed by atoms with Crippen molar-refractivity contribution in [2.24, 2.45) is 0 Å². The summed E-state index contributed by atoms with van der Waals surface area (Å²) in [6.45, 7) is -0.0469. The molecular weight excluding hydrogens is 162 g/mol. The molecule has 3 N–H and O–H groups in total. The largest absolute Gasteiger partial charge is 0.398 e. The Balaban J connectivity index is 3.13. The zero-order chi connectivity index (χ0) is 8.27. The van der Waals surface area contributed by atoms with Gasteiger partial charge in [-0.05, 0) is 11.6 Å². The second kappa shape index (κ2) is 3.60. The average molecular weight is 172 g/mol. The normalized spacial score (nSPS) is 10.0. The van der Waals surface area contributed by atoms with Crippen LogP contribution in [0.25, 0.3) is 0 Å². The van der Waals surface area contributed by atoms with E-state index in [1.54, 1.807) is 6.07 Å². The van der Waals surface area contributed by atoms with Crippen LogP contribution in [0.2, 0.25) is 0 Å². The second-order valence-corrected chi connectivity index (χ2v) is 2.54. The van der Waals surface area contributed by atoms with E-state index in [-0.39, 0.29) is 6.61 Å². The molecule has 0 bridgehead atoms. The first-order valence-corrected chi connectivity index (χ1v) is 3.86. The van der Waals surface area contributed by atoms with Gasteiger partial charge in [-0.3, -0.25) is 0 Å². The molecule has 60 valence electrons. The van der Waals surface area contributed by atoms with Gasteiger partial charge in [0.1, 0.15) is 0 Å². The molecular formula is C8H10ClNO. The number of rotatable bonds is 2. The zero-order valence-corrected chi connectivity index (χ0v) is 6.80. The predicted octanol–water partition coefficient (Wildman–Crippen LogP) is 1.50. The van der Waals surface area contributed by atoms with Crippen LogP contribution < -0.4 is 5.73 Å². The summed E-state index contributed by atoms with van der Waals surface area (Å²) in [5, 5.41) is 8.89. The van der Waals surface area contributed by atoms with Crippen LogP contribution in [0.3, 0.4) is 0 Å². The third-order valence-corrected chi connectivity index (χ3v) is 1.90. The number of alkyl halides is 1. The molecule has 0 unspecified atom stereocenters. The highest BCUT2D eigenvalue weighted by Crippen LogP contribution is 2.18. The van der Waals surface area contributed by atoms with Crippen LogP contribution in [0.4, 0.5) is 5.69 Å². The summed E-state index contributed by atoms with van der Waals surface area (Å²) in [7, 11) is 0. The molecule has 0 saturated heterocycles. The van der Waals surface area contributed by atoms with Gasteiger partial charge < -0.3 is 10.8 Å². The minimum Gasteiger partial charge on any atom is -0.398 e. The summed E-state index contributed by atoms with van der Waals surface area (Å²) < 4.78 is 0. The van der Waals surface area contributed by atoms with Gasteiger partial charge in [-0.1, -0.05) is 12.1 Å².